The lowest BCUT2D eigenvalue weighted by atomic mass is 9.96. The maximum atomic E-state index is 10.2. The van der Waals surface area contributed by atoms with Crippen LogP contribution in [0.1, 0.15) is 26.3 Å². The monoisotopic (exact) mass is 235 g/mol. The Morgan fingerprint density at radius 1 is 1.25 bits per heavy atom. The molecule has 1 aliphatic heterocycles. The minimum atomic E-state index is -0.949. The van der Waals surface area contributed by atoms with Gasteiger partial charge in [-0.1, -0.05) is 44.2 Å². The first-order valence-electron chi connectivity index (χ1n) is 5.55. The number of hydrogen-bond acceptors (Lipinski definition) is 3. The smallest absolute Gasteiger partial charge is 0.158 e. The molecule has 0 amide bonds. The van der Waals surface area contributed by atoms with Gasteiger partial charge in [0, 0.05) is 16.7 Å². The van der Waals surface area contributed by atoms with Crippen molar-refractivity contribution in [3.8, 4) is 0 Å². The zero-order valence-corrected chi connectivity index (χ0v) is 10.7. The number of rotatable bonds is 1. The SMILES string of the molecule is CC1[C@H](C)SC(c2ccccc2)=N[C@]1(C)O. The number of aliphatic hydroxyl groups is 1. The zero-order chi connectivity index (χ0) is 11.8. The highest BCUT2D eigenvalue weighted by atomic mass is 32.2. The quantitative estimate of drug-likeness (QED) is 0.811. The minimum Gasteiger partial charge on any atom is -0.369 e. The van der Waals surface area contributed by atoms with Gasteiger partial charge in [-0.05, 0) is 6.92 Å². The van der Waals surface area contributed by atoms with E-state index in [2.05, 4.69) is 11.9 Å². The second-order valence-electron chi connectivity index (χ2n) is 4.49. The molecule has 3 atom stereocenters. The summed E-state index contributed by atoms with van der Waals surface area (Å²) in [6.07, 6.45) is 0. The Balaban J connectivity index is 2.37. The Morgan fingerprint density at radius 2 is 1.88 bits per heavy atom. The van der Waals surface area contributed by atoms with Crippen LogP contribution in [0.4, 0.5) is 0 Å². The molecule has 2 rings (SSSR count). The lowest BCUT2D eigenvalue weighted by Gasteiger charge is -2.36. The molecule has 2 nitrogen and oxygen atoms in total. The van der Waals surface area contributed by atoms with E-state index in [1.165, 1.54) is 0 Å². The average molecular weight is 235 g/mol. The highest BCUT2D eigenvalue weighted by Crippen LogP contribution is 2.37. The Kier molecular flexibility index (Phi) is 3.08. The van der Waals surface area contributed by atoms with Crippen molar-refractivity contribution in [1.82, 2.24) is 0 Å². The minimum absolute atomic E-state index is 0.171. The van der Waals surface area contributed by atoms with E-state index in [0.29, 0.717) is 5.25 Å². The lowest BCUT2D eigenvalue weighted by Crippen LogP contribution is -2.40. The van der Waals surface area contributed by atoms with E-state index in [1.54, 1.807) is 18.7 Å². The maximum Gasteiger partial charge on any atom is 0.158 e. The van der Waals surface area contributed by atoms with Gasteiger partial charge in [-0.15, -0.1) is 11.8 Å². The molecule has 1 aliphatic rings. The van der Waals surface area contributed by atoms with E-state index in [1.807, 2.05) is 37.3 Å². The van der Waals surface area contributed by atoms with Gasteiger partial charge in [0.05, 0.1) is 0 Å². The Morgan fingerprint density at radius 3 is 2.44 bits per heavy atom. The Labute approximate surface area is 101 Å². The van der Waals surface area contributed by atoms with Gasteiger partial charge in [0.25, 0.3) is 0 Å². The van der Waals surface area contributed by atoms with E-state index < -0.39 is 5.72 Å². The summed E-state index contributed by atoms with van der Waals surface area (Å²) in [5.74, 6) is 0.171. The van der Waals surface area contributed by atoms with E-state index in [9.17, 15) is 5.11 Å². The summed E-state index contributed by atoms with van der Waals surface area (Å²) in [6.45, 7) is 5.97. The van der Waals surface area contributed by atoms with Crippen molar-refractivity contribution in [3.63, 3.8) is 0 Å². The zero-order valence-electron chi connectivity index (χ0n) is 9.84. The molecule has 0 bridgehead atoms. The van der Waals surface area contributed by atoms with Gasteiger partial charge < -0.3 is 5.11 Å². The lowest BCUT2D eigenvalue weighted by molar-refractivity contribution is 0.0151. The highest BCUT2D eigenvalue weighted by molar-refractivity contribution is 8.15. The predicted octanol–water partition coefficient (Wildman–Crippen LogP) is 2.91. The van der Waals surface area contributed by atoms with E-state index in [0.717, 1.165) is 10.6 Å². The number of aliphatic imine (C=N–C) groups is 1. The molecule has 1 aromatic carbocycles. The van der Waals surface area contributed by atoms with E-state index in [4.69, 9.17) is 0 Å². The summed E-state index contributed by atoms with van der Waals surface area (Å²) < 4.78 is 0. The summed E-state index contributed by atoms with van der Waals surface area (Å²) in [4.78, 5) is 4.45. The van der Waals surface area contributed by atoms with Gasteiger partial charge in [-0.2, -0.15) is 0 Å². The van der Waals surface area contributed by atoms with E-state index >= 15 is 0 Å². The molecular formula is C13H17NOS. The number of thioether (sulfide) groups is 1. The molecule has 0 saturated carbocycles. The van der Waals surface area contributed by atoms with Crippen molar-refractivity contribution in [2.45, 2.75) is 31.7 Å². The van der Waals surface area contributed by atoms with Crippen molar-refractivity contribution in [2.75, 3.05) is 0 Å². The molecule has 0 aliphatic carbocycles. The van der Waals surface area contributed by atoms with Crippen LogP contribution in [0.3, 0.4) is 0 Å². The number of hydrogen-bond donors (Lipinski definition) is 1. The molecule has 1 unspecified atom stereocenters. The molecule has 16 heavy (non-hydrogen) atoms. The second-order valence-corrected chi connectivity index (χ2v) is 5.85. The van der Waals surface area contributed by atoms with Crippen molar-refractivity contribution in [1.29, 1.82) is 0 Å². The molecule has 1 aromatic rings. The number of benzene rings is 1. The molecule has 1 heterocycles. The summed E-state index contributed by atoms with van der Waals surface area (Å²) in [7, 11) is 0. The van der Waals surface area contributed by atoms with Crippen LogP contribution >= 0.6 is 11.8 Å². The molecule has 3 heteroatoms. The van der Waals surface area contributed by atoms with Crippen molar-refractivity contribution in [3.05, 3.63) is 35.9 Å². The van der Waals surface area contributed by atoms with Crippen molar-refractivity contribution < 1.29 is 5.11 Å². The summed E-state index contributed by atoms with van der Waals surface area (Å²) in [5, 5.41) is 11.6. The molecule has 0 spiro atoms. The van der Waals surface area contributed by atoms with Gasteiger partial charge in [0.15, 0.2) is 5.72 Å². The van der Waals surface area contributed by atoms with Crippen LogP contribution in [-0.4, -0.2) is 21.1 Å². The molecule has 86 valence electrons. The maximum absolute atomic E-state index is 10.2. The molecule has 0 saturated heterocycles. The van der Waals surface area contributed by atoms with Crippen LogP contribution in [0.5, 0.6) is 0 Å². The van der Waals surface area contributed by atoms with Gasteiger partial charge >= 0.3 is 0 Å². The first kappa shape index (κ1) is 11.7. The standard InChI is InChI=1S/C13H17NOS/c1-9-10(2)16-12(14-13(9,3)15)11-7-5-4-6-8-11/h4-10,15H,1-3H3/t9?,10-,13+/m0/s1. The molecule has 0 aromatic heterocycles. The summed E-state index contributed by atoms with van der Waals surface area (Å²) >= 11 is 1.74. The van der Waals surface area contributed by atoms with Gasteiger partial charge in [-0.25, -0.2) is 4.99 Å². The van der Waals surface area contributed by atoms with Gasteiger partial charge in [0.1, 0.15) is 5.04 Å². The first-order chi connectivity index (χ1) is 7.50. The average Bonchev–Trinajstić information content (AvgIpc) is 2.26. The van der Waals surface area contributed by atoms with Crippen LogP contribution < -0.4 is 0 Å². The van der Waals surface area contributed by atoms with Crippen LogP contribution in [0.15, 0.2) is 35.3 Å². The van der Waals surface area contributed by atoms with Crippen LogP contribution in [0.2, 0.25) is 0 Å². The fourth-order valence-corrected chi connectivity index (χ4v) is 3.09. The van der Waals surface area contributed by atoms with Crippen molar-refractivity contribution in [2.24, 2.45) is 10.9 Å². The largest absolute Gasteiger partial charge is 0.369 e. The van der Waals surface area contributed by atoms with E-state index in [-0.39, 0.29) is 5.92 Å². The topological polar surface area (TPSA) is 32.6 Å². The summed E-state index contributed by atoms with van der Waals surface area (Å²) in [6, 6.07) is 10.0. The fourth-order valence-electron chi connectivity index (χ4n) is 1.77. The Hall–Kier alpha value is -0.800. The first-order valence-corrected chi connectivity index (χ1v) is 6.43. The number of nitrogens with zero attached hydrogens (tertiary/aromatic N) is 1. The van der Waals surface area contributed by atoms with Crippen molar-refractivity contribution >= 4 is 16.8 Å². The molecule has 1 N–H and O–H groups in total. The fraction of sp³-hybridized carbons (Fsp3) is 0.462. The Bertz CT molecular complexity index is 400. The molecule has 0 fully saturated rings. The third-order valence-corrected chi connectivity index (χ3v) is 4.54. The summed E-state index contributed by atoms with van der Waals surface area (Å²) in [5.41, 5.74) is 0.141. The van der Waals surface area contributed by atoms with Gasteiger partial charge in [-0.3, -0.25) is 0 Å². The third-order valence-electron chi connectivity index (χ3n) is 3.21. The van der Waals surface area contributed by atoms with Crippen LogP contribution in [-0.2, 0) is 0 Å². The van der Waals surface area contributed by atoms with Crippen LogP contribution in [0.25, 0.3) is 0 Å². The van der Waals surface area contributed by atoms with Crippen LogP contribution in [0, 0.1) is 5.92 Å². The second kappa shape index (κ2) is 4.22. The molecular weight excluding hydrogens is 218 g/mol. The normalized spacial score (nSPS) is 34.6. The van der Waals surface area contributed by atoms with Gasteiger partial charge in [0.2, 0.25) is 0 Å². The highest BCUT2D eigenvalue weighted by Gasteiger charge is 2.37. The predicted molar refractivity (Wildman–Crippen MR) is 69.8 cm³/mol. The third kappa shape index (κ3) is 2.15. The molecule has 0 radical (unpaired) electrons.